The standard InChI is InChI=1S/C11H16N2O2S/c1-10(9-16(2,14)15)13-12-8-11-6-4-3-5-7-11/h3-7,12H,8-9H2,1-2H3/b13-10-. The molecule has 1 aromatic rings. The molecule has 0 saturated heterocycles. The molecule has 0 unspecified atom stereocenters. The Kier molecular flexibility index (Phi) is 4.49. The molecule has 0 aromatic heterocycles. The molecular weight excluding hydrogens is 224 g/mol. The number of hydrogen-bond donors (Lipinski definition) is 1. The molecule has 0 bridgehead atoms. The molecule has 5 heteroatoms. The van der Waals surface area contributed by atoms with E-state index in [0.29, 0.717) is 12.3 Å². The molecule has 0 aliphatic rings. The Morgan fingerprint density at radius 3 is 2.50 bits per heavy atom. The molecule has 0 aliphatic heterocycles. The fourth-order valence-electron chi connectivity index (χ4n) is 1.27. The first-order chi connectivity index (χ1) is 7.47. The Labute approximate surface area is 96.3 Å². The predicted molar refractivity (Wildman–Crippen MR) is 66.1 cm³/mol. The van der Waals surface area contributed by atoms with Crippen LogP contribution in [0.4, 0.5) is 0 Å². The van der Waals surface area contributed by atoms with Crippen molar-refractivity contribution in [1.82, 2.24) is 5.43 Å². The van der Waals surface area contributed by atoms with E-state index in [1.54, 1.807) is 6.92 Å². The van der Waals surface area contributed by atoms with Crippen molar-refractivity contribution < 1.29 is 8.42 Å². The molecule has 1 N–H and O–H groups in total. The Hall–Kier alpha value is -1.36. The van der Waals surface area contributed by atoms with Crippen LogP contribution in [0.25, 0.3) is 0 Å². The van der Waals surface area contributed by atoms with Gasteiger partial charge in [0.2, 0.25) is 0 Å². The molecule has 0 aliphatic carbocycles. The Bertz CT molecular complexity index is 452. The molecule has 1 rings (SSSR count). The molecule has 0 heterocycles. The van der Waals surface area contributed by atoms with E-state index in [1.165, 1.54) is 6.26 Å². The zero-order valence-corrected chi connectivity index (χ0v) is 10.3. The van der Waals surface area contributed by atoms with Crippen LogP contribution < -0.4 is 5.43 Å². The van der Waals surface area contributed by atoms with Crippen LogP contribution in [-0.2, 0) is 16.4 Å². The summed E-state index contributed by atoms with van der Waals surface area (Å²) in [5.41, 5.74) is 4.53. The van der Waals surface area contributed by atoms with Crippen LogP contribution in [0.15, 0.2) is 35.4 Å². The molecule has 0 atom stereocenters. The van der Waals surface area contributed by atoms with Crippen molar-refractivity contribution in [2.24, 2.45) is 5.10 Å². The van der Waals surface area contributed by atoms with Crippen molar-refractivity contribution in [2.75, 3.05) is 12.0 Å². The van der Waals surface area contributed by atoms with Gasteiger partial charge in [-0.05, 0) is 12.5 Å². The van der Waals surface area contributed by atoms with Gasteiger partial charge in [-0.25, -0.2) is 8.42 Å². The maximum Gasteiger partial charge on any atom is 0.152 e. The maximum absolute atomic E-state index is 11.0. The van der Waals surface area contributed by atoms with Gasteiger partial charge in [0.1, 0.15) is 0 Å². The van der Waals surface area contributed by atoms with Crippen LogP contribution in [-0.4, -0.2) is 26.1 Å². The van der Waals surface area contributed by atoms with Crippen LogP contribution in [0.3, 0.4) is 0 Å². The Morgan fingerprint density at radius 1 is 1.31 bits per heavy atom. The zero-order chi connectivity index (χ0) is 12.0. The van der Waals surface area contributed by atoms with Gasteiger partial charge in [-0.1, -0.05) is 30.3 Å². The summed E-state index contributed by atoms with van der Waals surface area (Å²) in [5.74, 6) is -0.00517. The molecule has 4 nitrogen and oxygen atoms in total. The summed E-state index contributed by atoms with van der Waals surface area (Å²) in [7, 11) is -2.99. The van der Waals surface area contributed by atoms with Crippen molar-refractivity contribution >= 4 is 15.5 Å². The van der Waals surface area contributed by atoms with E-state index < -0.39 is 9.84 Å². The molecule has 0 amide bonds. The lowest BCUT2D eigenvalue weighted by Crippen LogP contribution is -2.15. The topological polar surface area (TPSA) is 58.5 Å². The number of hydrazone groups is 1. The smallest absolute Gasteiger partial charge is 0.152 e. The first-order valence-electron chi connectivity index (χ1n) is 4.95. The van der Waals surface area contributed by atoms with Crippen molar-refractivity contribution in [2.45, 2.75) is 13.5 Å². The lowest BCUT2D eigenvalue weighted by molar-refractivity contribution is 0.605. The second-order valence-corrected chi connectivity index (χ2v) is 5.88. The molecule has 16 heavy (non-hydrogen) atoms. The number of benzene rings is 1. The lowest BCUT2D eigenvalue weighted by Gasteiger charge is -2.02. The van der Waals surface area contributed by atoms with Crippen LogP contribution in [0.5, 0.6) is 0 Å². The second-order valence-electron chi connectivity index (χ2n) is 3.74. The monoisotopic (exact) mass is 240 g/mol. The normalized spacial score (nSPS) is 12.5. The largest absolute Gasteiger partial charge is 0.306 e. The zero-order valence-electron chi connectivity index (χ0n) is 9.47. The summed E-state index contributed by atoms with van der Waals surface area (Å²) in [5, 5.41) is 3.99. The summed E-state index contributed by atoms with van der Waals surface area (Å²) < 4.78 is 21.9. The molecule has 0 saturated carbocycles. The maximum atomic E-state index is 11.0. The van der Waals surface area contributed by atoms with Gasteiger partial charge >= 0.3 is 0 Å². The molecule has 88 valence electrons. The van der Waals surface area contributed by atoms with Crippen LogP contribution in [0, 0.1) is 0 Å². The highest BCUT2D eigenvalue weighted by atomic mass is 32.2. The predicted octanol–water partition coefficient (Wildman–Crippen LogP) is 1.20. The van der Waals surface area contributed by atoms with Crippen LogP contribution in [0.2, 0.25) is 0 Å². The summed E-state index contributed by atoms with van der Waals surface area (Å²) >= 11 is 0. The Morgan fingerprint density at radius 2 is 1.94 bits per heavy atom. The summed E-state index contributed by atoms with van der Waals surface area (Å²) in [6, 6.07) is 9.80. The third kappa shape index (κ3) is 5.50. The molecule has 1 aromatic carbocycles. The second kappa shape index (κ2) is 5.65. The highest BCUT2D eigenvalue weighted by Crippen LogP contribution is 1.97. The lowest BCUT2D eigenvalue weighted by atomic mass is 10.2. The van der Waals surface area contributed by atoms with Crippen LogP contribution >= 0.6 is 0 Å². The minimum Gasteiger partial charge on any atom is -0.306 e. The van der Waals surface area contributed by atoms with E-state index in [0.717, 1.165) is 5.56 Å². The summed E-state index contributed by atoms with van der Waals surface area (Å²) in [6.07, 6.45) is 1.20. The molecule has 0 radical (unpaired) electrons. The third-order valence-corrected chi connectivity index (χ3v) is 2.81. The van der Waals surface area contributed by atoms with Gasteiger partial charge < -0.3 is 5.43 Å². The van der Waals surface area contributed by atoms with E-state index >= 15 is 0 Å². The van der Waals surface area contributed by atoms with Crippen molar-refractivity contribution in [1.29, 1.82) is 0 Å². The molecular formula is C11H16N2O2S. The Balaban J connectivity index is 2.43. The quantitative estimate of drug-likeness (QED) is 0.621. The van der Waals surface area contributed by atoms with Crippen LogP contribution in [0.1, 0.15) is 12.5 Å². The number of nitrogens with one attached hydrogen (secondary N) is 1. The first kappa shape index (κ1) is 12.7. The van der Waals surface area contributed by atoms with E-state index in [-0.39, 0.29) is 5.75 Å². The summed E-state index contributed by atoms with van der Waals surface area (Å²) in [4.78, 5) is 0. The summed E-state index contributed by atoms with van der Waals surface area (Å²) in [6.45, 7) is 2.29. The highest BCUT2D eigenvalue weighted by molar-refractivity contribution is 7.91. The third-order valence-electron chi connectivity index (χ3n) is 1.87. The number of nitrogens with zero attached hydrogens (tertiary/aromatic N) is 1. The van der Waals surface area contributed by atoms with E-state index in [4.69, 9.17) is 0 Å². The molecule has 0 fully saturated rings. The average Bonchev–Trinajstić information content (AvgIpc) is 2.16. The number of rotatable bonds is 5. The van der Waals surface area contributed by atoms with Gasteiger partial charge in [0.05, 0.1) is 12.3 Å². The minimum absolute atomic E-state index is 0.00517. The van der Waals surface area contributed by atoms with Gasteiger partial charge in [0.25, 0.3) is 0 Å². The fourth-order valence-corrected chi connectivity index (χ4v) is 2.10. The number of hydrogen-bond acceptors (Lipinski definition) is 4. The first-order valence-corrected chi connectivity index (χ1v) is 7.01. The van der Waals surface area contributed by atoms with Crippen molar-refractivity contribution in [3.05, 3.63) is 35.9 Å². The van der Waals surface area contributed by atoms with E-state index in [1.807, 2.05) is 30.3 Å². The number of sulfone groups is 1. The SMILES string of the molecule is C/C(CS(C)(=O)=O)=N/NCc1ccccc1. The fraction of sp³-hybridized carbons (Fsp3) is 0.364. The van der Waals surface area contributed by atoms with Crippen molar-refractivity contribution in [3.63, 3.8) is 0 Å². The van der Waals surface area contributed by atoms with Crippen molar-refractivity contribution in [3.8, 4) is 0 Å². The van der Waals surface area contributed by atoms with Gasteiger partial charge in [-0.3, -0.25) is 0 Å². The van der Waals surface area contributed by atoms with Gasteiger partial charge in [-0.2, -0.15) is 5.10 Å². The average molecular weight is 240 g/mol. The van der Waals surface area contributed by atoms with Gasteiger partial charge in [0, 0.05) is 12.0 Å². The van der Waals surface area contributed by atoms with E-state index in [9.17, 15) is 8.42 Å². The highest BCUT2D eigenvalue weighted by Gasteiger charge is 2.03. The van der Waals surface area contributed by atoms with E-state index in [2.05, 4.69) is 10.5 Å². The molecule has 0 spiro atoms. The van der Waals surface area contributed by atoms with Gasteiger partial charge in [-0.15, -0.1) is 0 Å². The van der Waals surface area contributed by atoms with Gasteiger partial charge in [0.15, 0.2) is 9.84 Å². The minimum atomic E-state index is -2.99.